The molecule has 0 spiro atoms. The van der Waals surface area contributed by atoms with Crippen LogP contribution >= 0.6 is 0 Å². The summed E-state index contributed by atoms with van der Waals surface area (Å²) in [7, 11) is 1.55. The Morgan fingerprint density at radius 1 is 1.50 bits per heavy atom. The zero-order valence-electron chi connectivity index (χ0n) is 11.0. The molecule has 4 heteroatoms. The van der Waals surface area contributed by atoms with E-state index in [4.69, 9.17) is 10.5 Å². The van der Waals surface area contributed by atoms with Gasteiger partial charge < -0.3 is 15.8 Å². The number of ether oxygens (including phenoxy) is 1. The molecular formula is C14H20N2O2. The molecule has 1 aromatic rings. The van der Waals surface area contributed by atoms with E-state index in [0.717, 1.165) is 0 Å². The van der Waals surface area contributed by atoms with Crippen LogP contribution in [0.4, 0.5) is 5.69 Å². The minimum Gasteiger partial charge on any atom is -0.496 e. The molecule has 3 N–H and O–H groups in total. The summed E-state index contributed by atoms with van der Waals surface area (Å²) in [5.41, 5.74) is 7.04. The number of carbonyl (C=O) groups excluding carboxylic acids is 1. The molecule has 0 saturated heterocycles. The van der Waals surface area contributed by atoms with Crippen molar-refractivity contribution in [1.82, 2.24) is 5.32 Å². The third kappa shape index (κ3) is 2.58. The van der Waals surface area contributed by atoms with E-state index >= 15 is 0 Å². The van der Waals surface area contributed by atoms with Crippen LogP contribution in [-0.2, 0) is 0 Å². The van der Waals surface area contributed by atoms with E-state index in [9.17, 15) is 4.79 Å². The van der Waals surface area contributed by atoms with Crippen molar-refractivity contribution < 1.29 is 9.53 Å². The van der Waals surface area contributed by atoms with Gasteiger partial charge in [-0.2, -0.15) is 0 Å². The molecule has 98 valence electrons. The topological polar surface area (TPSA) is 64.3 Å². The lowest BCUT2D eigenvalue weighted by molar-refractivity contribution is 0.0888. The van der Waals surface area contributed by atoms with Crippen molar-refractivity contribution in [2.24, 2.45) is 5.41 Å². The number of carbonyl (C=O) groups is 1. The second-order valence-electron chi connectivity index (χ2n) is 5.31. The number of nitrogen functional groups attached to an aromatic ring is 1. The van der Waals surface area contributed by atoms with Crippen LogP contribution in [0.15, 0.2) is 18.2 Å². The Labute approximate surface area is 108 Å². The van der Waals surface area contributed by atoms with Gasteiger partial charge in [-0.3, -0.25) is 4.79 Å². The standard InChI is InChI=1S/C14H20N2O2/c1-14(6-3-7-14)9-16-13(17)11-8-10(15)4-5-12(11)18-2/h4-5,8H,3,6-7,9,15H2,1-2H3,(H,16,17). The second kappa shape index (κ2) is 4.88. The smallest absolute Gasteiger partial charge is 0.255 e. The van der Waals surface area contributed by atoms with Gasteiger partial charge in [0.1, 0.15) is 5.75 Å². The Morgan fingerprint density at radius 3 is 2.78 bits per heavy atom. The molecule has 0 radical (unpaired) electrons. The number of nitrogens with one attached hydrogen (secondary N) is 1. The van der Waals surface area contributed by atoms with Crippen molar-refractivity contribution in [2.75, 3.05) is 19.4 Å². The molecule has 1 aromatic carbocycles. The first-order valence-electron chi connectivity index (χ1n) is 6.26. The number of anilines is 1. The summed E-state index contributed by atoms with van der Waals surface area (Å²) < 4.78 is 5.18. The Bertz CT molecular complexity index is 453. The lowest BCUT2D eigenvalue weighted by Crippen LogP contribution is -2.40. The number of amides is 1. The molecule has 2 rings (SSSR count). The summed E-state index contributed by atoms with van der Waals surface area (Å²) in [6, 6.07) is 5.09. The molecular weight excluding hydrogens is 228 g/mol. The molecule has 1 saturated carbocycles. The minimum absolute atomic E-state index is 0.118. The van der Waals surface area contributed by atoms with E-state index in [1.165, 1.54) is 19.3 Å². The van der Waals surface area contributed by atoms with Crippen molar-refractivity contribution in [1.29, 1.82) is 0 Å². The Morgan fingerprint density at radius 2 is 2.22 bits per heavy atom. The monoisotopic (exact) mass is 248 g/mol. The molecule has 1 aliphatic carbocycles. The Balaban J connectivity index is 2.05. The number of methoxy groups -OCH3 is 1. The summed E-state index contributed by atoms with van der Waals surface area (Å²) in [5, 5.41) is 2.97. The van der Waals surface area contributed by atoms with Crippen molar-refractivity contribution in [3.63, 3.8) is 0 Å². The van der Waals surface area contributed by atoms with E-state index in [2.05, 4.69) is 12.2 Å². The van der Waals surface area contributed by atoms with Gasteiger partial charge in [-0.1, -0.05) is 13.3 Å². The van der Waals surface area contributed by atoms with Crippen LogP contribution in [0.1, 0.15) is 36.5 Å². The van der Waals surface area contributed by atoms with Gasteiger partial charge in [0.25, 0.3) is 5.91 Å². The molecule has 0 unspecified atom stereocenters. The summed E-state index contributed by atoms with van der Waals surface area (Å²) in [6.07, 6.45) is 3.62. The molecule has 4 nitrogen and oxygen atoms in total. The normalized spacial score (nSPS) is 16.8. The lowest BCUT2D eigenvalue weighted by atomic mass is 9.70. The van der Waals surface area contributed by atoms with Crippen LogP contribution < -0.4 is 15.8 Å². The van der Waals surface area contributed by atoms with Crippen LogP contribution in [0.25, 0.3) is 0 Å². The Kier molecular flexibility index (Phi) is 3.45. The van der Waals surface area contributed by atoms with Crippen LogP contribution in [-0.4, -0.2) is 19.6 Å². The average molecular weight is 248 g/mol. The van der Waals surface area contributed by atoms with Crippen molar-refractivity contribution >= 4 is 11.6 Å². The highest BCUT2D eigenvalue weighted by Crippen LogP contribution is 2.39. The van der Waals surface area contributed by atoms with Crippen molar-refractivity contribution in [3.8, 4) is 5.75 Å². The van der Waals surface area contributed by atoms with E-state index < -0.39 is 0 Å². The van der Waals surface area contributed by atoms with Crippen LogP contribution in [0.3, 0.4) is 0 Å². The van der Waals surface area contributed by atoms with E-state index in [-0.39, 0.29) is 11.3 Å². The number of hydrogen-bond acceptors (Lipinski definition) is 3. The van der Waals surface area contributed by atoms with Crippen molar-refractivity contribution in [3.05, 3.63) is 23.8 Å². The third-order valence-electron chi connectivity index (χ3n) is 3.70. The molecule has 1 fully saturated rings. The van der Waals surface area contributed by atoms with Crippen LogP contribution in [0.5, 0.6) is 5.75 Å². The van der Waals surface area contributed by atoms with E-state index in [1.807, 2.05) is 0 Å². The maximum absolute atomic E-state index is 12.1. The zero-order chi connectivity index (χ0) is 13.2. The number of rotatable bonds is 4. The van der Waals surface area contributed by atoms with E-state index in [0.29, 0.717) is 23.5 Å². The Hall–Kier alpha value is -1.71. The molecule has 1 amide bonds. The fourth-order valence-electron chi connectivity index (χ4n) is 2.25. The SMILES string of the molecule is COc1ccc(N)cc1C(=O)NCC1(C)CCC1. The largest absolute Gasteiger partial charge is 0.496 e. The van der Waals surface area contributed by atoms with Crippen molar-refractivity contribution in [2.45, 2.75) is 26.2 Å². The molecule has 0 aliphatic heterocycles. The van der Waals surface area contributed by atoms with Gasteiger partial charge >= 0.3 is 0 Å². The highest BCUT2D eigenvalue weighted by Gasteiger charge is 2.32. The highest BCUT2D eigenvalue weighted by atomic mass is 16.5. The van der Waals surface area contributed by atoms with Gasteiger partial charge in [-0.15, -0.1) is 0 Å². The molecule has 1 aliphatic rings. The number of benzene rings is 1. The first-order chi connectivity index (χ1) is 8.54. The predicted molar refractivity (Wildman–Crippen MR) is 71.7 cm³/mol. The predicted octanol–water partition coefficient (Wildman–Crippen LogP) is 2.20. The van der Waals surface area contributed by atoms with Gasteiger partial charge in [-0.25, -0.2) is 0 Å². The summed E-state index contributed by atoms with van der Waals surface area (Å²) in [6.45, 7) is 2.91. The average Bonchev–Trinajstić information content (AvgIpc) is 2.33. The van der Waals surface area contributed by atoms with Gasteiger partial charge in [0.15, 0.2) is 0 Å². The summed E-state index contributed by atoms with van der Waals surface area (Å²) in [4.78, 5) is 12.1. The molecule has 0 heterocycles. The fourth-order valence-corrected chi connectivity index (χ4v) is 2.25. The third-order valence-corrected chi connectivity index (χ3v) is 3.70. The number of hydrogen-bond donors (Lipinski definition) is 2. The zero-order valence-corrected chi connectivity index (χ0v) is 11.0. The van der Waals surface area contributed by atoms with E-state index in [1.54, 1.807) is 25.3 Å². The van der Waals surface area contributed by atoms with Gasteiger partial charge in [0.05, 0.1) is 12.7 Å². The highest BCUT2D eigenvalue weighted by molar-refractivity contribution is 5.97. The van der Waals surface area contributed by atoms with Gasteiger partial charge in [0, 0.05) is 12.2 Å². The molecule has 18 heavy (non-hydrogen) atoms. The first kappa shape index (κ1) is 12.7. The number of nitrogens with two attached hydrogens (primary N) is 1. The van der Waals surface area contributed by atoms with Gasteiger partial charge in [0.2, 0.25) is 0 Å². The molecule has 0 atom stereocenters. The van der Waals surface area contributed by atoms with Crippen LogP contribution in [0.2, 0.25) is 0 Å². The fraction of sp³-hybridized carbons (Fsp3) is 0.500. The summed E-state index contributed by atoms with van der Waals surface area (Å²) in [5.74, 6) is 0.438. The molecule has 0 aromatic heterocycles. The van der Waals surface area contributed by atoms with Gasteiger partial charge in [-0.05, 0) is 36.5 Å². The second-order valence-corrected chi connectivity index (χ2v) is 5.31. The maximum atomic E-state index is 12.1. The van der Waals surface area contributed by atoms with Crippen LogP contribution in [0, 0.1) is 5.41 Å². The lowest BCUT2D eigenvalue weighted by Gasteiger charge is -2.38. The molecule has 0 bridgehead atoms. The summed E-state index contributed by atoms with van der Waals surface area (Å²) >= 11 is 0. The minimum atomic E-state index is -0.118. The quantitative estimate of drug-likeness (QED) is 0.803. The first-order valence-corrected chi connectivity index (χ1v) is 6.26. The maximum Gasteiger partial charge on any atom is 0.255 e.